The number of anilines is 2. The molecule has 0 aliphatic carbocycles. The molecule has 0 radical (unpaired) electrons. The molecule has 4 nitrogen and oxygen atoms in total. The molecule has 0 bridgehead atoms. The van der Waals surface area contributed by atoms with Crippen molar-refractivity contribution in [2.45, 2.75) is 27.4 Å². The summed E-state index contributed by atoms with van der Waals surface area (Å²) in [6.45, 7) is 9.05. The molecular formula is C20H24HfN3O. The molecule has 0 unspecified atom stereocenters. The third kappa shape index (κ3) is 3.58. The molecule has 2 aromatic rings. The van der Waals surface area contributed by atoms with Crippen molar-refractivity contribution < 1.29 is 29.4 Å². The van der Waals surface area contributed by atoms with Crippen LogP contribution in [0.5, 0.6) is 0 Å². The van der Waals surface area contributed by atoms with Crippen LogP contribution in [0, 0.1) is 20.8 Å². The summed E-state index contributed by atoms with van der Waals surface area (Å²) in [5.74, 6) is 1.06. The van der Waals surface area contributed by atoms with Crippen LogP contribution in [-0.4, -0.2) is 26.2 Å². The van der Waals surface area contributed by atoms with E-state index in [0.29, 0.717) is 6.61 Å². The Hall–Kier alpha value is -1.46. The molecule has 3 rings (SSSR count). The summed E-state index contributed by atoms with van der Waals surface area (Å²) in [4.78, 5) is 4.71. The molecule has 0 aromatic heterocycles. The predicted octanol–water partition coefficient (Wildman–Crippen LogP) is 3.90. The molecule has 129 valence electrons. The van der Waals surface area contributed by atoms with Gasteiger partial charge >= 0.3 is 166 Å². The zero-order valence-corrected chi connectivity index (χ0v) is 18.9. The van der Waals surface area contributed by atoms with Crippen molar-refractivity contribution in [3.05, 3.63) is 58.7 Å². The van der Waals surface area contributed by atoms with Gasteiger partial charge in [-0.2, -0.15) is 0 Å². The van der Waals surface area contributed by atoms with Crippen molar-refractivity contribution in [2.75, 3.05) is 30.0 Å². The van der Waals surface area contributed by atoms with E-state index in [4.69, 9.17) is 7.72 Å². The van der Waals surface area contributed by atoms with Gasteiger partial charge in [-0.25, -0.2) is 0 Å². The number of para-hydroxylation sites is 1. The average Bonchev–Trinajstić information content (AvgIpc) is 2.98. The predicted molar refractivity (Wildman–Crippen MR) is 99.9 cm³/mol. The first-order chi connectivity index (χ1) is 12.1. The summed E-state index contributed by atoms with van der Waals surface area (Å²) < 4.78 is 10.2. The van der Waals surface area contributed by atoms with Crippen molar-refractivity contribution in [3.8, 4) is 0 Å². The second-order valence-electron chi connectivity index (χ2n) is 6.52. The van der Waals surface area contributed by atoms with Gasteiger partial charge < -0.3 is 0 Å². The zero-order chi connectivity index (χ0) is 18.0. The summed E-state index contributed by atoms with van der Waals surface area (Å²) in [7, 11) is 1.74. The Labute approximate surface area is 165 Å². The van der Waals surface area contributed by atoms with Crippen LogP contribution >= 0.6 is 0 Å². The maximum absolute atomic E-state index is 5.39. The minimum absolute atomic E-state index is 0.615. The van der Waals surface area contributed by atoms with Gasteiger partial charge in [0.2, 0.25) is 0 Å². The van der Waals surface area contributed by atoms with E-state index in [0.717, 1.165) is 43.7 Å². The fraction of sp³-hybridized carbons (Fsp3) is 0.350. The van der Waals surface area contributed by atoms with Gasteiger partial charge in [-0.3, -0.25) is 0 Å². The molecule has 1 aliphatic rings. The molecular weight excluding hydrogens is 477 g/mol. The number of hydrogen-bond donors (Lipinski definition) is 0. The molecule has 25 heavy (non-hydrogen) atoms. The van der Waals surface area contributed by atoms with Crippen LogP contribution in [0.2, 0.25) is 0 Å². The Morgan fingerprint density at radius 3 is 2.32 bits per heavy atom. The number of methoxy groups -OCH3 is 1. The van der Waals surface area contributed by atoms with Crippen molar-refractivity contribution in [1.82, 2.24) is 0 Å². The molecule has 2 aromatic carbocycles. The van der Waals surface area contributed by atoms with Crippen LogP contribution in [0.4, 0.5) is 11.4 Å². The Morgan fingerprint density at radius 2 is 1.68 bits per heavy atom. The van der Waals surface area contributed by atoms with Gasteiger partial charge in [-0.15, -0.1) is 0 Å². The van der Waals surface area contributed by atoms with E-state index >= 15 is 0 Å². The molecule has 1 fully saturated rings. The summed E-state index contributed by atoms with van der Waals surface area (Å²) in [6, 6.07) is 13.0. The summed E-state index contributed by atoms with van der Waals surface area (Å²) in [5, 5.41) is 0. The van der Waals surface area contributed by atoms with Gasteiger partial charge in [0.05, 0.1) is 0 Å². The standard InChI is InChI=1S/C20H24N3O.Hf/c1-14-11-15(2)19(16(3)12-14)23-10-9-22(20(23)21)18-8-6-5-7-17(18)13-24-4;/h5-8,11-12H,9-10,13H2,1-4H3;/q-1;+1. The Balaban J connectivity index is 2.01. The number of nitrogens with zero attached hydrogens (tertiary/aromatic N) is 3. The number of rotatable bonds is 4. The van der Waals surface area contributed by atoms with E-state index in [1.165, 1.54) is 33.6 Å². The Bertz CT molecular complexity index is 780. The monoisotopic (exact) mass is 502 g/mol. The van der Waals surface area contributed by atoms with E-state index in [1.54, 1.807) is 7.11 Å². The van der Waals surface area contributed by atoms with Crippen LogP contribution in [0.15, 0.2) is 39.4 Å². The van der Waals surface area contributed by atoms with E-state index in [9.17, 15) is 0 Å². The van der Waals surface area contributed by atoms with E-state index in [2.05, 4.69) is 67.0 Å². The molecule has 1 saturated heterocycles. The van der Waals surface area contributed by atoms with Crippen molar-refractivity contribution in [3.63, 3.8) is 0 Å². The topological polar surface area (TPSA) is 28.1 Å². The summed E-state index contributed by atoms with van der Waals surface area (Å²) in [6.07, 6.45) is 0. The van der Waals surface area contributed by atoms with Crippen molar-refractivity contribution in [1.29, 1.82) is 0 Å². The van der Waals surface area contributed by atoms with Crippen LogP contribution in [0.25, 0.3) is 0 Å². The van der Waals surface area contributed by atoms with Crippen molar-refractivity contribution in [2.24, 2.45) is 2.98 Å². The molecule has 0 amide bonds. The summed E-state index contributed by atoms with van der Waals surface area (Å²) in [5.41, 5.74) is 7.63. The zero-order valence-electron chi connectivity index (χ0n) is 15.3. The second-order valence-corrected chi connectivity index (χ2v) is 7.33. The first-order valence-corrected chi connectivity index (χ1v) is 10.1. The van der Waals surface area contributed by atoms with Crippen molar-refractivity contribution >= 4 is 17.3 Å². The van der Waals surface area contributed by atoms with E-state index in [1.807, 2.05) is 0 Å². The average molecular weight is 501 g/mol. The first kappa shape index (κ1) is 18.3. The Kier molecular flexibility index (Phi) is 5.74. The van der Waals surface area contributed by atoms with Gasteiger partial charge in [0, 0.05) is 0 Å². The van der Waals surface area contributed by atoms with Crippen LogP contribution in [0.1, 0.15) is 22.3 Å². The number of benzene rings is 2. The molecule has 5 heteroatoms. The fourth-order valence-electron chi connectivity index (χ4n) is 3.76. The van der Waals surface area contributed by atoms with Crippen LogP contribution in [0.3, 0.4) is 0 Å². The normalized spacial score (nSPS) is 16.0. The third-order valence-corrected chi connectivity index (χ3v) is 5.34. The van der Waals surface area contributed by atoms with Gasteiger partial charge in [0.25, 0.3) is 0 Å². The van der Waals surface area contributed by atoms with Gasteiger partial charge in [-0.1, -0.05) is 0 Å². The number of ether oxygens (including phenoxy) is 1. The van der Waals surface area contributed by atoms with Crippen LogP contribution in [-0.2, 0) is 36.0 Å². The van der Waals surface area contributed by atoms with E-state index in [-0.39, 0.29) is 0 Å². The first-order valence-electron chi connectivity index (χ1n) is 8.51. The quantitative estimate of drug-likeness (QED) is 0.596. The van der Waals surface area contributed by atoms with Crippen LogP contribution < -0.4 is 9.80 Å². The SMILES string of the molecule is COCc1ccccc1N1CCN(c2c(C)cc(C)cc2C)C1=[N][Hf]. The van der Waals surface area contributed by atoms with Gasteiger partial charge in [0.15, 0.2) is 0 Å². The summed E-state index contributed by atoms with van der Waals surface area (Å²) >= 11 is 0.778. The maximum atomic E-state index is 5.39. The number of aryl methyl sites for hydroxylation is 3. The van der Waals surface area contributed by atoms with Gasteiger partial charge in [-0.05, 0) is 0 Å². The second kappa shape index (κ2) is 7.83. The molecule has 0 saturated carbocycles. The number of hydrogen-bond acceptors (Lipinski definition) is 2. The molecule has 1 aliphatic heterocycles. The molecule has 1 heterocycles. The molecule has 0 N–H and O–H groups in total. The fourth-order valence-corrected chi connectivity index (χ4v) is 4.62. The number of guanidine groups is 1. The van der Waals surface area contributed by atoms with Gasteiger partial charge in [0.1, 0.15) is 0 Å². The Morgan fingerprint density at radius 1 is 1.04 bits per heavy atom. The van der Waals surface area contributed by atoms with E-state index < -0.39 is 0 Å². The molecule has 0 atom stereocenters. The third-order valence-electron chi connectivity index (χ3n) is 4.62. The molecule has 0 spiro atoms. The minimum atomic E-state index is 0.615.